The van der Waals surface area contributed by atoms with Crippen molar-refractivity contribution in [1.82, 2.24) is 10.2 Å². The summed E-state index contributed by atoms with van der Waals surface area (Å²) < 4.78 is 5.19. The molecule has 0 aromatic heterocycles. The number of urea groups is 1. The van der Waals surface area contributed by atoms with Gasteiger partial charge in [-0.15, -0.1) is 0 Å². The van der Waals surface area contributed by atoms with Gasteiger partial charge in [0.15, 0.2) is 0 Å². The molecule has 0 aliphatic heterocycles. The third-order valence-electron chi connectivity index (χ3n) is 3.22. The van der Waals surface area contributed by atoms with Crippen LogP contribution in [0.3, 0.4) is 0 Å². The van der Waals surface area contributed by atoms with Gasteiger partial charge in [-0.3, -0.25) is 4.79 Å². The lowest BCUT2D eigenvalue weighted by Crippen LogP contribution is -2.40. The van der Waals surface area contributed by atoms with Crippen molar-refractivity contribution >= 4 is 12.0 Å². The second-order valence-corrected chi connectivity index (χ2v) is 5.66. The van der Waals surface area contributed by atoms with Crippen LogP contribution in [0.4, 0.5) is 4.79 Å². The van der Waals surface area contributed by atoms with Gasteiger partial charge in [-0.05, 0) is 25.2 Å². The zero-order valence-electron chi connectivity index (χ0n) is 13.1. The number of aliphatic carboxylic acids is 1. The van der Waals surface area contributed by atoms with Crippen LogP contribution in [-0.2, 0) is 9.53 Å². The molecule has 2 N–H and O–H groups in total. The van der Waals surface area contributed by atoms with Crippen molar-refractivity contribution in [2.75, 3.05) is 33.4 Å². The number of amides is 2. The Bertz CT molecular complexity index is 306. The average molecular weight is 288 g/mol. The van der Waals surface area contributed by atoms with Gasteiger partial charge in [0.1, 0.15) is 0 Å². The number of nitrogens with one attached hydrogen (secondary N) is 1. The van der Waals surface area contributed by atoms with Crippen LogP contribution in [0.25, 0.3) is 0 Å². The zero-order valence-corrected chi connectivity index (χ0v) is 13.1. The molecule has 0 saturated heterocycles. The van der Waals surface area contributed by atoms with Gasteiger partial charge in [-0.1, -0.05) is 13.8 Å². The van der Waals surface area contributed by atoms with Crippen LogP contribution in [0, 0.1) is 5.41 Å². The molecule has 0 heterocycles. The summed E-state index contributed by atoms with van der Waals surface area (Å²) in [6.07, 6.45) is 1.53. The summed E-state index contributed by atoms with van der Waals surface area (Å²) in [5.74, 6) is -0.780. The van der Waals surface area contributed by atoms with Crippen molar-refractivity contribution in [3.8, 4) is 0 Å². The number of carboxylic acids is 1. The topological polar surface area (TPSA) is 78.9 Å². The SMILES string of the molecule is CCOCCN(C)C(=O)NCCC(C)(C)CCC(=O)O. The van der Waals surface area contributed by atoms with Gasteiger partial charge in [-0.25, -0.2) is 4.79 Å². The van der Waals surface area contributed by atoms with E-state index >= 15 is 0 Å². The smallest absolute Gasteiger partial charge is 0.317 e. The van der Waals surface area contributed by atoms with E-state index < -0.39 is 5.97 Å². The Morgan fingerprint density at radius 2 is 1.95 bits per heavy atom. The molecule has 6 heteroatoms. The van der Waals surface area contributed by atoms with Gasteiger partial charge < -0.3 is 20.1 Å². The zero-order chi connectivity index (χ0) is 15.6. The van der Waals surface area contributed by atoms with Crippen LogP contribution in [0.1, 0.15) is 40.0 Å². The van der Waals surface area contributed by atoms with Crippen LogP contribution in [0.2, 0.25) is 0 Å². The van der Waals surface area contributed by atoms with Crippen molar-refractivity contribution in [3.63, 3.8) is 0 Å². The van der Waals surface area contributed by atoms with Crippen LogP contribution >= 0.6 is 0 Å². The second-order valence-electron chi connectivity index (χ2n) is 5.66. The quantitative estimate of drug-likeness (QED) is 0.602. The van der Waals surface area contributed by atoms with E-state index in [0.717, 1.165) is 6.42 Å². The van der Waals surface area contributed by atoms with Gasteiger partial charge in [-0.2, -0.15) is 0 Å². The highest BCUT2D eigenvalue weighted by molar-refractivity contribution is 5.73. The van der Waals surface area contributed by atoms with Crippen LogP contribution in [0.5, 0.6) is 0 Å². The minimum atomic E-state index is -0.780. The lowest BCUT2D eigenvalue weighted by Gasteiger charge is -2.25. The number of nitrogens with zero attached hydrogens (tertiary/aromatic N) is 1. The van der Waals surface area contributed by atoms with Crippen molar-refractivity contribution in [1.29, 1.82) is 0 Å². The summed E-state index contributed by atoms with van der Waals surface area (Å²) in [6, 6.07) is -0.126. The van der Waals surface area contributed by atoms with E-state index in [1.807, 2.05) is 20.8 Å². The molecule has 0 radical (unpaired) electrons. The summed E-state index contributed by atoms with van der Waals surface area (Å²) in [6.45, 7) is 8.23. The number of hydrogen-bond donors (Lipinski definition) is 2. The van der Waals surface area contributed by atoms with Gasteiger partial charge in [0.25, 0.3) is 0 Å². The first kappa shape index (κ1) is 18.7. The Morgan fingerprint density at radius 3 is 2.50 bits per heavy atom. The molecule has 0 aromatic rings. The lowest BCUT2D eigenvalue weighted by atomic mass is 9.84. The maximum absolute atomic E-state index is 11.8. The van der Waals surface area contributed by atoms with E-state index in [2.05, 4.69) is 5.32 Å². The Morgan fingerprint density at radius 1 is 1.30 bits per heavy atom. The van der Waals surface area contributed by atoms with E-state index in [-0.39, 0.29) is 17.9 Å². The highest BCUT2D eigenvalue weighted by atomic mass is 16.5. The standard InChI is InChI=1S/C14H28N2O4/c1-5-20-11-10-16(4)13(19)15-9-8-14(2,3)7-6-12(17)18/h5-11H2,1-4H3,(H,15,19)(H,17,18). The van der Waals surface area contributed by atoms with E-state index in [1.165, 1.54) is 0 Å². The molecule has 0 spiro atoms. The molecule has 0 atom stereocenters. The van der Waals surface area contributed by atoms with Gasteiger partial charge in [0, 0.05) is 33.2 Å². The highest BCUT2D eigenvalue weighted by Gasteiger charge is 2.19. The molecule has 2 amide bonds. The van der Waals surface area contributed by atoms with Gasteiger partial charge in [0.05, 0.1) is 6.61 Å². The molecule has 20 heavy (non-hydrogen) atoms. The first-order valence-corrected chi connectivity index (χ1v) is 7.07. The maximum atomic E-state index is 11.8. The number of carbonyl (C=O) groups is 2. The lowest BCUT2D eigenvalue weighted by molar-refractivity contribution is -0.137. The highest BCUT2D eigenvalue weighted by Crippen LogP contribution is 2.25. The fourth-order valence-electron chi connectivity index (χ4n) is 1.66. The third kappa shape index (κ3) is 9.61. The van der Waals surface area contributed by atoms with Crippen molar-refractivity contribution < 1.29 is 19.4 Å². The molecule has 0 fully saturated rings. The Labute approximate surface area is 121 Å². The number of likely N-dealkylation sites (N-methyl/N-ethyl adjacent to an activating group) is 1. The average Bonchev–Trinajstić information content (AvgIpc) is 2.36. The molecule has 0 rings (SSSR count). The van der Waals surface area contributed by atoms with Crippen LogP contribution in [0.15, 0.2) is 0 Å². The monoisotopic (exact) mass is 288 g/mol. The number of ether oxygens (including phenoxy) is 1. The number of carboxylic acid groups (broad SMARTS) is 1. The first-order valence-electron chi connectivity index (χ1n) is 7.07. The molecule has 0 aliphatic rings. The summed E-state index contributed by atoms with van der Waals surface area (Å²) in [5, 5.41) is 11.5. The predicted octanol–water partition coefficient (Wildman–Crippen LogP) is 1.95. The number of hydrogen-bond acceptors (Lipinski definition) is 3. The molecular weight excluding hydrogens is 260 g/mol. The molecule has 0 aromatic carbocycles. The first-order chi connectivity index (χ1) is 9.28. The molecule has 0 unspecified atom stereocenters. The number of rotatable bonds is 10. The third-order valence-corrected chi connectivity index (χ3v) is 3.22. The minimum absolute atomic E-state index is 0.0877. The Balaban J connectivity index is 3.86. The molecule has 0 saturated carbocycles. The Hall–Kier alpha value is -1.30. The van der Waals surface area contributed by atoms with E-state index in [4.69, 9.17) is 9.84 Å². The maximum Gasteiger partial charge on any atom is 0.317 e. The molecule has 6 nitrogen and oxygen atoms in total. The van der Waals surface area contributed by atoms with Gasteiger partial charge in [0.2, 0.25) is 0 Å². The van der Waals surface area contributed by atoms with Crippen molar-refractivity contribution in [2.45, 2.75) is 40.0 Å². The van der Waals surface area contributed by atoms with E-state index in [9.17, 15) is 9.59 Å². The molecular formula is C14H28N2O4. The summed E-state index contributed by atoms with van der Waals surface area (Å²) in [4.78, 5) is 23.9. The summed E-state index contributed by atoms with van der Waals surface area (Å²) in [7, 11) is 1.73. The van der Waals surface area contributed by atoms with Gasteiger partial charge >= 0.3 is 12.0 Å². The fraction of sp³-hybridized carbons (Fsp3) is 0.857. The second kappa shape index (κ2) is 9.58. The predicted molar refractivity (Wildman–Crippen MR) is 77.8 cm³/mol. The van der Waals surface area contributed by atoms with E-state index in [1.54, 1.807) is 11.9 Å². The van der Waals surface area contributed by atoms with Crippen LogP contribution < -0.4 is 5.32 Å². The van der Waals surface area contributed by atoms with Crippen molar-refractivity contribution in [2.24, 2.45) is 5.41 Å². The van der Waals surface area contributed by atoms with Crippen molar-refractivity contribution in [3.05, 3.63) is 0 Å². The molecule has 0 aliphatic carbocycles. The molecule has 0 bridgehead atoms. The summed E-state index contributed by atoms with van der Waals surface area (Å²) >= 11 is 0. The Kier molecular flexibility index (Phi) is 8.96. The van der Waals surface area contributed by atoms with Crippen LogP contribution in [-0.4, -0.2) is 55.4 Å². The summed E-state index contributed by atoms with van der Waals surface area (Å²) in [5.41, 5.74) is -0.0877. The fourth-order valence-corrected chi connectivity index (χ4v) is 1.66. The largest absolute Gasteiger partial charge is 0.481 e. The number of carbonyl (C=O) groups excluding carboxylic acids is 1. The minimum Gasteiger partial charge on any atom is -0.481 e. The normalized spacial score (nSPS) is 11.2. The molecule has 118 valence electrons. The van der Waals surface area contributed by atoms with E-state index in [0.29, 0.717) is 32.7 Å².